The Bertz CT molecular complexity index is 1160. The number of halogens is 2. The third-order valence-electron chi connectivity index (χ3n) is 3.95. The Labute approximate surface area is 158 Å². The van der Waals surface area contributed by atoms with Gasteiger partial charge in [0, 0.05) is 22.7 Å². The number of oxazole rings is 1. The second-order valence-electron chi connectivity index (χ2n) is 6.13. The first-order valence-corrected chi connectivity index (χ1v) is 9.87. The normalized spacial score (nSPS) is 14.4. The zero-order valence-corrected chi connectivity index (χ0v) is 15.3. The number of nitrogens with zero attached hydrogens (tertiary/aromatic N) is 1. The quantitative estimate of drug-likeness (QED) is 0.673. The van der Waals surface area contributed by atoms with Crippen molar-refractivity contribution in [2.24, 2.45) is 0 Å². The fourth-order valence-electron chi connectivity index (χ4n) is 2.46. The molecule has 1 aliphatic rings. The van der Waals surface area contributed by atoms with Crippen molar-refractivity contribution in [1.82, 2.24) is 9.71 Å². The van der Waals surface area contributed by atoms with Gasteiger partial charge in [0.15, 0.2) is 5.58 Å². The van der Waals surface area contributed by atoms with Crippen LogP contribution in [0.2, 0.25) is 5.02 Å². The molecule has 0 bridgehead atoms. The largest absolute Gasteiger partial charge is 0.423 e. The highest BCUT2D eigenvalue weighted by Crippen LogP contribution is 2.25. The van der Waals surface area contributed by atoms with Crippen LogP contribution in [0.25, 0.3) is 11.1 Å². The molecule has 7 nitrogen and oxygen atoms in total. The van der Waals surface area contributed by atoms with E-state index in [0.717, 1.165) is 12.1 Å². The van der Waals surface area contributed by atoms with E-state index in [9.17, 15) is 17.6 Å². The van der Waals surface area contributed by atoms with Crippen molar-refractivity contribution in [2.75, 3.05) is 5.32 Å². The van der Waals surface area contributed by atoms with E-state index >= 15 is 0 Å². The molecule has 2 aromatic carbocycles. The van der Waals surface area contributed by atoms with Gasteiger partial charge >= 0.3 is 6.01 Å². The molecule has 1 heterocycles. The topological polar surface area (TPSA) is 101 Å². The van der Waals surface area contributed by atoms with Crippen LogP contribution >= 0.6 is 11.6 Å². The van der Waals surface area contributed by atoms with Gasteiger partial charge in [-0.2, -0.15) is 4.98 Å². The highest BCUT2D eigenvalue weighted by Gasteiger charge is 2.30. The first kappa shape index (κ1) is 17.9. The number of rotatable bonds is 5. The molecular weight excluding hydrogens is 397 g/mol. The number of benzene rings is 2. The van der Waals surface area contributed by atoms with Crippen LogP contribution in [0.5, 0.6) is 0 Å². The first-order chi connectivity index (χ1) is 12.8. The molecule has 27 heavy (non-hydrogen) atoms. The maximum absolute atomic E-state index is 14.0. The number of anilines is 1. The van der Waals surface area contributed by atoms with Gasteiger partial charge in [0.1, 0.15) is 16.2 Å². The van der Waals surface area contributed by atoms with Gasteiger partial charge in [-0.3, -0.25) is 10.1 Å². The van der Waals surface area contributed by atoms with Crippen molar-refractivity contribution in [1.29, 1.82) is 0 Å². The van der Waals surface area contributed by atoms with Gasteiger partial charge < -0.3 is 4.42 Å². The third-order valence-corrected chi connectivity index (χ3v) is 5.72. The van der Waals surface area contributed by atoms with Crippen molar-refractivity contribution >= 4 is 44.6 Å². The lowest BCUT2D eigenvalue weighted by Gasteiger charge is -2.08. The number of nitrogens with one attached hydrogen (secondary N) is 2. The molecule has 2 N–H and O–H groups in total. The maximum atomic E-state index is 14.0. The zero-order valence-electron chi connectivity index (χ0n) is 13.7. The molecule has 4 rings (SSSR count). The lowest BCUT2D eigenvalue weighted by molar-refractivity contribution is 0.102. The standard InChI is InChI=1S/C17H13ClFN3O4S/c18-10-2-6-13-14(8-10)26-17(20-13)21-16(23)9-1-5-12(19)15(7-9)27(24,25)22-11-3-4-11/h1-2,5-8,11,22H,3-4H2,(H,20,21,23). The molecule has 1 fully saturated rings. The van der Waals surface area contributed by atoms with Gasteiger partial charge in [-0.15, -0.1) is 0 Å². The minimum atomic E-state index is -4.04. The predicted octanol–water partition coefficient (Wildman–Crippen LogP) is 3.31. The van der Waals surface area contributed by atoms with E-state index in [2.05, 4.69) is 15.0 Å². The van der Waals surface area contributed by atoms with Crippen LogP contribution in [0.3, 0.4) is 0 Å². The predicted molar refractivity (Wildman–Crippen MR) is 96.7 cm³/mol. The van der Waals surface area contributed by atoms with E-state index in [1.807, 2.05) is 0 Å². The fraction of sp³-hybridized carbons (Fsp3) is 0.176. The van der Waals surface area contributed by atoms with Crippen LogP contribution in [0.4, 0.5) is 10.4 Å². The van der Waals surface area contributed by atoms with Crippen LogP contribution in [0.15, 0.2) is 45.7 Å². The van der Waals surface area contributed by atoms with Crippen LogP contribution < -0.4 is 10.0 Å². The fourth-order valence-corrected chi connectivity index (χ4v) is 4.03. The van der Waals surface area contributed by atoms with Gasteiger partial charge in [-0.1, -0.05) is 11.6 Å². The van der Waals surface area contributed by atoms with Crippen molar-refractivity contribution < 1.29 is 22.0 Å². The first-order valence-electron chi connectivity index (χ1n) is 8.01. The summed E-state index contributed by atoms with van der Waals surface area (Å²) in [5.41, 5.74) is 0.826. The Morgan fingerprint density at radius 3 is 2.74 bits per heavy atom. The SMILES string of the molecule is O=C(Nc1nc2ccc(Cl)cc2o1)c1ccc(F)c(S(=O)(=O)NC2CC2)c1. The summed E-state index contributed by atoms with van der Waals surface area (Å²) in [6.45, 7) is 0. The number of amides is 1. The summed E-state index contributed by atoms with van der Waals surface area (Å²) in [5, 5.41) is 2.87. The highest BCUT2D eigenvalue weighted by molar-refractivity contribution is 7.89. The number of sulfonamides is 1. The summed E-state index contributed by atoms with van der Waals surface area (Å²) in [4.78, 5) is 15.9. The van der Waals surface area contributed by atoms with Crippen LogP contribution in [-0.2, 0) is 10.0 Å². The Balaban J connectivity index is 1.60. The monoisotopic (exact) mass is 409 g/mol. The molecular formula is C17H13ClFN3O4S. The summed E-state index contributed by atoms with van der Waals surface area (Å²) < 4.78 is 46.3. The van der Waals surface area contributed by atoms with Gasteiger partial charge in [-0.05, 0) is 43.2 Å². The molecule has 1 amide bonds. The van der Waals surface area contributed by atoms with Crippen LogP contribution in [-0.4, -0.2) is 25.4 Å². The van der Waals surface area contributed by atoms with E-state index in [1.54, 1.807) is 18.2 Å². The molecule has 1 saturated carbocycles. The minimum Gasteiger partial charge on any atom is -0.423 e. The van der Waals surface area contributed by atoms with Crippen molar-refractivity contribution in [3.8, 4) is 0 Å². The van der Waals surface area contributed by atoms with Crippen molar-refractivity contribution in [3.63, 3.8) is 0 Å². The molecule has 3 aromatic rings. The lowest BCUT2D eigenvalue weighted by atomic mass is 10.2. The Morgan fingerprint density at radius 1 is 1.22 bits per heavy atom. The zero-order chi connectivity index (χ0) is 19.2. The molecule has 0 unspecified atom stereocenters. The van der Waals surface area contributed by atoms with E-state index in [4.69, 9.17) is 16.0 Å². The molecule has 0 radical (unpaired) electrons. The van der Waals surface area contributed by atoms with Crippen LogP contribution in [0.1, 0.15) is 23.2 Å². The maximum Gasteiger partial charge on any atom is 0.302 e. The summed E-state index contributed by atoms with van der Waals surface area (Å²) >= 11 is 5.87. The Morgan fingerprint density at radius 2 is 2.00 bits per heavy atom. The number of carbonyl (C=O) groups is 1. The summed E-state index contributed by atoms with van der Waals surface area (Å²) in [7, 11) is -4.04. The Kier molecular flexibility index (Phi) is 4.37. The summed E-state index contributed by atoms with van der Waals surface area (Å²) in [6.07, 6.45) is 1.42. The average molecular weight is 410 g/mol. The minimum absolute atomic E-state index is 0.0483. The van der Waals surface area contributed by atoms with Gasteiger partial charge in [-0.25, -0.2) is 17.5 Å². The van der Waals surface area contributed by atoms with Gasteiger partial charge in [0.25, 0.3) is 5.91 Å². The Hall–Kier alpha value is -2.49. The molecule has 0 spiro atoms. The summed E-state index contributed by atoms with van der Waals surface area (Å²) in [5.74, 6) is -1.62. The molecule has 0 atom stereocenters. The average Bonchev–Trinajstić information content (AvgIpc) is 3.31. The van der Waals surface area contributed by atoms with Crippen molar-refractivity contribution in [3.05, 3.63) is 52.8 Å². The molecule has 140 valence electrons. The number of hydrogen-bond donors (Lipinski definition) is 2. The number of fused-ring (bicyclic) bond motifs is 1. The lowest BCUT2D eigenvalue weighted by Crippen LogP contribution is -2.27. The number of aromatic nitrogens is 1. The molecule has 1 aromatic heterocycles. The highest BCUT2D eigenvalue weighted by atomic mass is 35.5. The van der Waals surface area contributed by atoms with Crippen LogP contribution in [0, 0.1) is 5.82 Å². The summed E-state index contributed by atoms with van der Waals surface area (Å²) in [6, 6.07) is 7.63. The molecule has 0 saturated heterocycles. The van der Waals surface area contributed by atoms with Crippen molar-refractivity contribution in [2.45, 2.75) is 23.8 Å². The van der Waals surface area contributed by atoms with Gasteiger partial charge in [0.2, 0.25) is 10.0 Å². The molecule has 1 aliphatic carbocycles. The second kappa shape index (κ2) is 6.59. The molecule has 10 heteroatoms. The van der Waals surface area contributed by atoms with Gasteiger partial charge in [0.05, 0.1) is 0 Å². The van der Waals surface area contributed by atoms with E-state index in [0.29, 0.717) is 29.0 Å². The number of hydrogen-bond acceptors (Lipinski definition) is 5. The third kappa shape index (κ3) is 3.80. The smallest absolute Gasteiger partial charge is 0.302 e. The second-order valence-corrected chi connectivity index (χ2v) is 8.24. The van der Waals surface area contributed by atoms with E-state index < -0.39 is 26.6 Å². The van der Waals surface area contributed by atoms with E-state index in [-0.39, 0.29) is 17.6 Å². The molecule has 0 aliphatic heterocycles. The number of carbonyl (C=O) groups excluding carboxylic acids is 1. The van der Waals surface area contributed by atoms with E-state index in [1.165, 1.54) is 6.07 Å².